The maximum atomic E-state index is 13.1. The molecule has 1 fully saturated rings. The number of hydrogen-bond acceptors (Lipinski definition) is 6. The summed E-state index contributed by atoms with van der Waals surface area (Å²) in [5, 5.41) is 9.40. The minimum Gasteiger partial charge on any atom is -0.459 e. The highest BCUT2D eigenvalue weighted by molar-refractivity contribution is 5.55. The number of halogens is 1. The Morgan fingerprint density at radius 2 is 1.89 bits per heavy atom. The van der Waals surface area contributed by atoms with Crippen LogP contribution >= 0.6 is 0 Å². The van der Waals surface area contributed by atoms with Gasteiger partial charge in [0.2, 0.25) is 11.6 Å². The maximum Gasteiger partial charge on any atom is 0.266 e. The van der Waals surface area contributed by atoms with Crippen LogP contribution in [0.25, 0.3) is 11.7 Å². The number of oxazole rings is 1. The van der Waals surface area contributed by atoms with Crippen LogP contribution in [0.3, 0.4) is 0 Å². The number of nitriles is 1. The number of furan rings is 1. The van der Waals surface area contributed by atoms with Gasteiger partial charge in [0.05, 0.1) is 6.26 Å². The maximum absolute atomic E-state index is 13.1. The van der Waals surface area contributed by atoms with Gasteiger partial charge in [-0.2, -0.15) is 10.2 Å². The summed E-state index contributed by atoms with van der Waals surface area (Å²) < 4.78 is 24.3. The van der Waals surface area contributed by atoms with Crippen LogP contribution in [-0.2, 0) is 0 Å². The third-order valence-corrected chi connectivity index (χ3v) is 4.95. The Hall–Kier alpha value is -3.11. The molecule has 0 bridgehead atoms. The van der Waals surface area contributed by atoms with Gasteiger partial charge in [-0.15, -0.1) is 0 Å². The first-order chi connectivity index (χ1) is 13.2. The van der Waals surface area contributed by atoms with E-state index in [1.165, 1.54) is 12.1 Å². The molecule has 1 aromatic carbocycles. The van der Waals surface area contributed by atoms with Gasteiger partial charge in [0.1, 0.15) is 11.9 Å². The zero-order chi connectivity index (χ0) is 18.8. The fourth-order valence-electron chi connectivity index (χ4n) is 3.37. The predicted octanol–water partition coefficient (Wildman–Crippen LogP) is 3.83. The molecule has 1 saturated heterocycles. The van der Waals surface area contributed by atoms with Gasteiger partial charge in [-0.1, -0.05) is 12.1 Å². The van der Waals surface area contributed by atoms with E-state index < -0.39 is 0 Å². The van der Waals surface area contributed by atoms with Crippen molar-refractivity contribution in [2.24, 2.45) is 0 Å². The average Bonchev–Trinajstić information content (AvgIpc) is 3.37. The van der Waals surface area contributed by atoms with E-state index in [-0.39, 0.29) is 17.6 Å². The van der Waals surface area contributed by atoms with Gasteiger partial charge in [0, 0.05) is 32.2 Å². The highest BCUT2D eigenvalue weighted by Crippen LogP contribution is 2.30. The van der Waals surface area contributed by atoms with Gasteiger partial charge in [-0.25, -0.2) is 4.39 Å². The normalized spacial score (nSPS) is 16.3. The monoisotopic (exact) mass is 366 g/mol. The Labute approximate surface area is 156 Å². The first-order valence-electron chi connectivity index (χ1n) is 8.85. The van der Waals surface area contributed by atoms with Crippen LogP contribution in [-0.4, -0.2) is 36.1 Å². The molecule has 0 N–H and O–H groups in total. The van der Waals surface area contributed by atoms with Crippen molar-refractivity contribution >= 4 is 5.88 Å². The van der Waals surface area contributed by atoms with E-state index >= 15 is 0 Å². The molecule has 3 aromatic rings. The van der Waals surface area contributed by atoms with Gasteiger partial charge in [0.15, 0.2) is 5.76 Å². The molecule has 0 amide bonds. The van der Waals surface area contributed by atoms with E-state index in [1.807, 2.05) is 17.0 Å². The zero-order valence-electron chi connectivity index (χ0n) is 14.9. The van der Waals surface area contributed by atoms with Crippen LogP contribution in [0.5, 0.6) is 0 Å². The highest BCUT2D eigenvalue weighted by atomic mass is 19.1. The molecule has 27 heavy (non-hydrogen) atoms. The Morgan fingerprint density at radius 3 is 2.52 bits per heavy atom. The molecule has 1 unspecified atom stereocenters. The number of rotatable bonds is 4. The molecule has 1 atom stereocenters. The van der Waals surface area contributed by atoms with Crippen molar-refractivity contribution < 1.29 is 13.2 Å². The second-order valence-corrected chi connectivity index (χ2v) is 6.51. The Morgan fingerprint density at radius 1 is 1.15 bits per heavy atom. The van der Waals surface area contributed by atoms with Crippen LogP contribution in [0.15, 0.2) is 51.5 Å². The summed E-state index contributed by atoms with van der Waals surface area (Å²) in [7, 11) is 0. The van der Waals surface area contributed by atoms with Gasteiger partial charge >= 0.3 is 0 Å². The van der Waals surface area contributed by atoms with Crippen LogP contribution in [0.2, 0.25) is 0 Å². The molecule has 1 aliphatic rings. The van der Waals surface area contributed by atoms with E-state index in [4.69, 9.17) is 8.83 Å². The van der Waals surface area contributed by atoms with Crippen molar-refractivity contribution in [1.29, 1.82) is 5.26 Å². The lowest BCUT2D eigenvalue weighted by Gasteiger charge is -2.38. The minimum atomic E-state index is -0.225. The van der Waals surface area contributed by atoms with Crippen molar-refractivity contribution in [3.63, 3.8) is 0 Å². The number of aromatic nitrogens is 1. The molecule has 2 aromatic heterocycles. The van der Waals surface area contributed by atoms with Gasteiger partial charge < -0.3 is 13.7 Å². The topological polar surface area (TPSA) is 69.4 Å². The Kier molecular flexibility index (Phi) is 4.65. The molecular formula is C20H19FN4O2. The fraction of sp³-hybridized carbons (Fsp3) is 0.300. The second kappa shape index (κ2) is 7.25. The highest BCUT2D eigenvalue weighted by Gasteiger charge is 2.27. The van der Waals surface area contributed by atoms with Crippen molar-refractivity contribution in [3.8, 4) is 17.7 Å². The molecule has 1 aliphatic heterocycles. The third-order valence-electron chi connectivity index (χ3n) is 4.95. The summed E-state index contributed by atoms with van der Waals surface area (Å²) in [4.78, 5) is 8.61. The van der Waals surface area contributed by atoms with E-state index in [1.54, 1.807) is 18.4 Å². The standard InChI is InChI=1S/C20H19FN4O2/c1-14(15-4-6-16(21)7-5-15)24-8-10-25(11-9-24)20-17(13-22)23-19(27-20)18-3-2-12-26-18/h2-7,12,14H,8-11H2,1H3. The SMILES string of the molecule is CC(c1ccc(F)cc1)N1CCN(c2oc(-c3ccco3)nc2C#N)CC1. The lowest BCUT2D eigenvalue weighted by molar-refractivity contribution is 0.196. The van der Waals surface area contributed by atoms with E-state index in [0.29, 0.717) is 30.6 Å². The minimum absolute atomic E-state index is 0.191. The number of benzene rings is 1. The van der Waals surface area contributed by atoms with Crippen LogP contribution in [0.1, 0.15) is 24.2 Å². The Bertz CT molecular complexity index is 936. The van der Waals surface area contributed by atoms with Crippen molar-refractivity contribution in [2.45, 2.75) is 13.0 Å². The van der Waals surface area contributed by atoms with Crippen molar-refractivity contribution in [2.75, 3.05) is 31.1 Å². The number of nitrogens with zero attached hydrogens (tertiary/aromatic N) is 4. The van der Waals surface area contributed by atoms with E-state index in [9.17, 15) is 9.65 Å². The van der Waals surface area contributed by atoms with Gasteiger partial charge in [0.25, 0.3) is 5.89 Å². The quantitative estimate of drug-likeness (QED) is 0.699. The molecule has 7 heteroatoms. The molecule has 0 aliphatic carbocycles. The molecule has 0 saturated carbocycles. The number of anilines is 1. The van der Waals surface area contributed by atoms with Crippen LogP contribution < -0.4 is 4.90 Å². The molecule has 4 rings (SSSR count). The van der Waals surface area contributed by atoms with E-state index in [0.717, 1.165) is 18.7 Å². The lowest BCUT2D eigenvalue weighted by Crippen LogP contribution is -2.47. The van der Waals surface area contributed by atoms with Crippen molar-refractivity contribution in [1.82, 2.24) is 9.88 Å². The van der Waals surface area contributed by atoms with Gasteiger partial charge in [-0.3, -0.25) is 4.90 Å². The first-order valence-corrected chi connectivity index (χ1v) is 8.85. The number of piperazine rings is 1. The fourth-order valence-corrected chi connectivity index (χ4v) is 3.37. The van der Waals surface area contributed by atoms with Crippen LogP contribution in [0, 0.1) is 17.1 Å². The predicted molar refractivity (Wildman–Crippen MR) is 97.5 cm³/mol. The average molecular weight is 366 g/mol. The Balaban J connectivity index is 1.46. The molecule has 0 spiro atoms. The second-order valence-electron chi connectivity index (χ2n) is 6.51. The molecule has 138 valence electrons. The summed E-state index contributed by atoms with van der Waals surface area (Å²) >= 11 is 0. The summed E-state index contributed by atoms with van der Waals surface area (Å²) in [6.45, 7) is 5.16. The van der Waals surface area contributed by atoms with Crippen LogP contribution in [0.4, 0.5) is 10.3 Å². The molecule has 3 heterocycles. The largest absolute Gasteiger partial charge is 0.459 e. The van der Waals surface area contributed by atoms with Gasteiger partial charge in [-0.05, 0) is 36.8 Å². The summed E-state index contributed by atoms with van der Waals surface area (Å²) in [6, 6.07) is 12.4. The number of hydrogen-bond donors (Lipinski definition) is 0. The smallest absolute Gasteiger partial charge is 0.266 e. The lowest BCUT2D eigenvalue weighted by atomic mass is 10.1. The molecular weight excluding hydrogens is 347 g/mol. The zero-order valence-corrected chi connectivity index (χ0v) is 14.9. The molecule has 0 radical (unpaired) electrons. The molecule has 6 nitrogen and oxygen atoms in total. The first kappa shape index (κ1) is 17.3. The summed E-state index contributed by atoms with van der Waals surface area (Å²) in [5.74, 6) is 1.07. The third kappa shape index (κ3) is 3.44. The van der Waals surface area contributed by atoms with E-state index in [2.05, 4.69) is 22.9 Å². The van der Waals surface area contributed by atoms with Crippen molar-refractivity contribution in [3.05, 3.63) is 59.7 Å². The summed E-state index contributed by atoms with van der Waals surface area (Å²) in [5.41, 5.74) is 1.35. The summed E-state index contributed by atoms with van der Waals surface area (Å²) in [6.07, 6.45) is 1.54.